The van der Waals surface area contributed by atoms with E-state index in [1.165, 1.54) is 12.1 Å². The monoisotopic (exact) mass is 363 g/mol. The molecule has 0 fully saturated rings. The zero-order chi connectivity index (χ0) is 18.9. The maximum absolute atomic E-state index is 12.1. The number of hydrogen-bond donors (Lipinski definition) is 2. The molecule has 1 amide bonds. The summed E-state index contributed by atoms with van der Waals surface area (Å²) in [6, 6.07) is 14.0. The molecule has 7 heteroatoms. The highest BCUT2D eigenvalue weighted by Gasteiger charge is 2.20. The number of carboxylic acids is 1. The number of ether oxygens (including phenoxy) is 1. The molecule has 5 nitrogen and oxygen atoms in total. The summed E-state index contributed by atoms with van der Waals surface area (Å²) in [5.74, 6) is -1.45. The molecular formula is C19H19F2NO4. The van der Waals surface area contributed by atoms with E-state index in [1.54, 1.807) is 36.4 Å². The molecule has 2 aromatic carbocycles. The van der Waals surface area contributed by atoms with Crippen molar-refractivity contribution in [1.82, 2.24) is 5.32 Å². The first kappa shape index (κ1) is 19.4. The van der Waals surface area contributed by atoms with Crippen molar-refractivity contribution in [3.05, 3.63) is 65.7 Å². The zero-order valence-corrected chi connectivity index (χ0v) is 13.9. The van der Waals surface area contributed by atoms with Crippen LogP contribution in [0.25, 0.3) is 0 Å². The van der Waals surface area contributed by atoms with Crippen molar-refractivity contribution in [1.29, 1.82) is 0 Å². The Hall–Kier alpha value is -2.96. The van der Waals surface area contributed by atoms with Crippen molar-refractivity contribution in [2.75, 3.05) is 0 Å². The topological polar surface area (TPSA) is 75.6 Å². The lowest BCUT2D eigenvalue weighted by Crippen LogP contribution is -2.42. The second-order valence-corrected chi connectivity index (χ2v) is 5.67. The predicted molar refractivity (Wildman–Crippen MR) is 91.1 cm³/mol. The molecule has 138 valence electrons. The van der Waals surface area contributed by atoms with Crippen LogP contribution in [0.15, 0.2) is 54.6 Å². The van der Waals surface area contributed by atoms with E-state index in [0.29, 0.717) is 6.42 Å². The fraction of sp³-hybridized carbons (Fsp3) is 0.263. The van der Waals surface area contributed by atoms with Crippen LogP contribution in [-0.4, -0.2) is 29.6 Å². The Balaban J connectivity index is 1.85. The van der Waals surface area contributed by atoms with Crippen molar-refractivity contribution >= 4 is 11.9 Å². The van der Waals surface area contributed by atoms with Gasteiger partial charge in [-0.15, -0.1) is 0 Å². The summed E-state index contributed by atoms with van der Waals surface area (Å²) in [5.41, 5.74) is 1.58. The number of alkyl halides is 2. The minimum absolute atomic E-state index is 0.0435. The van der Waals surface area contributed by atoms with Gasteiger partial charge in [0, 0.05) is 12.8 Å². The van der Waals surface area contributed by atoms with E-state index >= 15 is 0 Å². The van der Waals surface area contributed by atoms with Crippen molar-refractivity contribution in [3.8, 4) is 5.75 Å². The van der Waals surface area contributed by atoms with E-state index in [1.807, 2.05) is 6.07 Å². The van der Waals surface area contributed by atoms with Crippen LogP contribution in [0, 0.1) is 0 Å². The van der Waals surface area contributed by atoms with Crippen LogP contribution in [-0.2, 0) is 22.4 Å². The highest BCUT2D eigenvalue weighted by Crippen LogP contribution is 2.15. The van der Waals surface area contributed by atoms with Crippen LogP contribution in [0.3, 0.4) is 0 Å². The number of carboxylic acid groups (broad SMARTS) is 1. The highest BCUT2D eigenvalue weighted by atomic mass is 19.3. The molecule has 1 atom stereocenters. The lowest BCUT2D eigenvalue weighted by atomic mass is 10.1. The van der Waals surface area contributed by atoms with Crippen LogP contribution in [0.1, 0.15) is 17.5 Å². The van der Waals surface area contributed by atoms with E-state index in [2.05, 4.69) is 10.1 Å². The third kappa shape index (κ3) is 6.51. The molecular weight excluding hydrogens is 344 g/mol. The molecule has 0 radical (unpaired) electrons. The van der Waals surface area contributed by atoms with Gasteiger partial charge >= 0.3 is 12.6 Å². The van der Waals surface area contributed by atoms with Gasteiger partial charge in [-0.3, -0.25) is 4.79 Å². The van der Waals surface area contributed by atoms with E-state index in [4.69, 9.17) is 0 Å². The number of aliphatic carboxylic acids is 1. The van der Waals surface area contributed by atoms with Crippen LogP contribution in [0.5, 0.6) is 5.75 Å². The van der Waals surface area contributed by atoms with Gasteiger partial charge in [0.2, 0.25) is 5.91 Å². The fourth-order valence-corrected chi connectivity index (χ4v) is 2.41. The molecule has 0 spiro atoms. The Bertz CT molecular complexity index is 720. The molecule has 0 bridgehead atoms. The van der Waals surface area contributed by atoms with Crippen LogP contribution in [0.2, 0.25) is 0 Å². The zero-order valence-electron chi connectivity index (χ0n) is 13.9. The Kier molecular flexibility index (Phi) is 7.08. The Morgan fingerprint density at radius 3 is 2.23 bits per heavy atom. The predicted octanol–water partition coefficient (Wildman–Crippen LogP) is 3.03. The highest BCUT2D eigenvalue weighted by molar-refractivity contribution is 5.83. The number of amides is 1. The summed E-state index contributed by atoms with van der Waals surface area (Å²) in [6.07, 6.45) is 0.646. The summed E-state index contributed by atoms with van der Waals surface area (Å²) in [6.45, 7) is -2.89. The summed E-state index contributed by atoms with van der Waals surface area (Å²) in [4.78, 5) is 23.4. The normalized spacial score (nSPS) is 11.8. The summed E-state index contributed by atoms with van der Waals surface area (Å²) in [5, 5.41) is 11.8. The van der Waals surface area contributed by atoms with Gasteiger partial charge in [-0.2, -0.15) is 8.78 Å². The minimum Gasteiger partial charge on any atom is -0.480 e. The summed E-state index contributed by atoms with van der Waals surface area (Å²) < 4.78 is 28.4. The maximum atomic E-state index is 12.1. The number of aryl methyl sites for hydroxylation is 1. The van der Waals surface area contributed by atoms with Crippen molar-refractivity contribution < 1.29 is 28.2 Å². The molecule has 0 aliphatic carbocycles. The largest absolute Gasteiger partial charge is 0.480 e. The number of hydrogen-bond acceptors (Lipinski definition) is 3. The molecule has 0 heterocycles. The van der Waals surface area contributed by atoms with E-state index < -0.39 is 18.6 Å². The molecule has 2 aromatic rings. The third-order valence-corrected chi connectivity index (χ3v) is 3.71. The lowest BCUT2D eigenvalue weighted by Gasteiger charge is -2.14. The average molecular weight is 363 g/mol. The molecule has 2 rings (SSSR count). The number of carbonyl (C=O) groups excluding carboxylic acids is 1. The van der Waals surface area contributed by atoms with Crippen LogP contribution < -0.4 is 10.1 Å². The van der Waals surface area contributed by atoms with Gasteiger partial charge in [0.15, 0.2) is 0 Å². The quantitative estimate of drug-likeness (QED) is 0.718. The molecule has 0 saturated heterocycles. The van der Waals surface area contributed by atoms with E-state index in [9.17, 15) is 23.5 Å². The molecule has 0 saturated carbocycles. The Morgan fingerprint density at radius 2 is 1.65 bits per heavy atom. The lowest BCUT2D eigenvalue weighted by molar-refractivity contribution is -0.141. The maximum Gasteiger partial charge on any atom is 0.387 e. The number of halogens is 2. The number of carbonyl (C=O) groups is 2. The first-order valence-corrected chi connectivity index (χ1v) is 8.04. The molecule has 26 heavy (non-hydrogen) atoms. The second kappa shape index (κ2) is 9.50. The first-order valence-electron chi connectivity index (χ1n) is 8.04. The third-order valence-electron chi connectivity index (χ3n) is 3.71. The number of rotatable bonds is 9. The van der Waals surface area contributed by atoms with Gasteiger partial charge in [0.25, 0.3) is 0 Å². The van der Waals surface area contributed by atoms with Gasteiger partial charge in [-0.1, -0.05) is 42.5 Å². The number of benzene rings is 2. The average Bonchev–Trinajstić information content (AvgIpc) is 2.61. The van der Waals surface area contributed by atoms with Crippen molar-refractivity contribution in [2.45, 2.75) is 31.9 Å². The minimum atomic E-state index is -2.89. The molecule has 2 N–H and O–H groups in total. The molecule has 0 aromatic heterocycles. The van der Waals surface area contributed by atoms with E-state index in [0.717, 1.165) is 11.1 Å². The fourth-order valence-electron chi connectivity index (χ4n) is 2.41. The SMILES string of the molecule is O=C(CCc1ccc(OC(F)F)cc1)N[C@@H](Cc1ccccc1)C(=O)O. The van der Waals surface area contributed by atoms with Crippen molar-refractivity contribution in [2.24, 2.45) is 0 Å². The van der Waals surface area contributed by atoms with Gasteiger partial charge in [0.05, 0.1) is 0 Å². The number of nitrogens with one attached hydrogen (secondary N) is 1. The van der Waals surface area contributed by atoms with E-state index in [-0.39, 0.29) is 24.5 Å². The van der Waals surface area contributed by atoms with Crippen LogP contribution in [0.4, 0.5) is 8.78 Å². The summed E-state index contributed by atoms with van der Waals surface area (Å²) >= 11 is 0. The van der Waals surface area contributed by atoms with Gasteiger partial charge in [0.1, 0.15) is 11.8 Å². The van der Waals surface area contributed by atoms with Gasteiger partial charge in [-0.25, -0.2) is 4.79 Å². The smallest absolute Gasteiger partial charge is 0.387 e. The Morgan fingerprint density at radius 1 is 1.00 bits per heavy atom. The molecule has 0 aliphatic rings. The summed E-state index contributed by atoms with van der Waals surface area (Å²) in [7, 11) is 0. The first-order chi connectivity index (χ1) is 12.4. The molecule has 0 unspecified atom stereocenters. The second-order valence-electron chi connectivity index (χ2n) is 5.67. The van der Waals surface area contributed by atoms with Gasteiger partial charge < -0.3 is 15.2 Å². The molecule has 0 aliphatic heterocycles. The van der Waals surface area contributed by atoms with Crippen LogP contribution >= 0.6 is 0 Å². The van der Waals surface area contributed by atoms with Crippen molar-refractivity contribution in [3.63, 3.8) is 0 Å². The standard InChI is InChI=1S/C19H19F2NO4/c20-19(21)26-15-9-6-13(7-10-15)8-11-17(23)22-16(18(24)25)12-14-4-2-1-3-5-14/h1-7,9-10,16,19H,8,11-12H2,(H,22,23)(H,24,25)/t16-/m0/s1. The van der Waals surface area contributed by atoms with Gasteiger partial charge in [-0.05, 0) is 29.7 Å². The Labute approximate surface area is 149 Å².